The number of halogens is 2. The van der Waals surface area contributed by atoms with Crippen molar-refractivity contribution in [3.8, 4) is 0 Å². The Morgan fingerprint density at radius 1 is 1.45 bits per heavy atom. The Morgan fingerprint density at radius 3 is 2.55 bits per heavy atom. The maximum Gasteiger partial charge on any atom is 0.254 e. The van der Waals surface area contributed by atoms with Crippen LogP contribution in [0, 0.1) is 0 Å². The topological polar surface area (TPSA) is 43.1 Å². The van der Waals surface area contributed by atoms with Crippen LogP contribution >= 0.6 is 23.2 Å². The first-order valence-electron chi connectivity index (χ1n) is 2.86. The Balaban J connectivity index is 3.27. The van der Waals surface area contributed by atoms with Crippen molar-refractivity contribution in [3.63, 3.8) is 0 Å². The SMILES string of the molecule is Nc1c(Cl)cccc1C(=O)Cl. The van der Waals surface area contributed by atoms with Crippen LogP contribution in [0.25, 0.3) is 0 Å². The van der Waals surface area contributed by atoms with Crippen LogP contribution < -0.4 is 5.73 Å². The molecule has 0 unspecified atom stereocenters. The van der Waals surface area contributed by atoms with E-state index in [4.69, 9.17) is 28.9 Å². The second kappa shape index (κ2) is 3.11. The summed E-state index contributed by atoms with van der Waals surface area (Å²) in [5.41, 5.74) is 5.93. The lowest BCUT2D eigenvalue weighted by atomic mass is 10.2. The number of carbonyl (C=O) groups excluding carboxylic acids is 1. The summed E-state index contributed by atoms with van der Waals surface area (Å²) >= 11 is 10.8. The molecule has 1 aromatic rings. The van der Waals surface area contributed by atoms with E-state index in [9.17, 15) is 4.79 Å². The van der Waals surface area contributed by atoms with Gasteiger partial charge in [0, 0.05) is 0 Å². The summed E-state index contributed by atoms with van der Waals surface area (Å²) in [5, 5.41) is -0.249. The fourth-order valence-corrected chi connectivity index (χ4v) is 1.05. The Morgan fingerprint density at radius 2 is 2.09 bits per heavy atom. The van der Waals surface area contributed by atoms with E-state index >= 15 is 0 Å². The highest BCUT2D eigenvalue weighted by Crippen LogP contribution is 2.23. The van der Waals surface area contributed by atoms with Crippen LogP contribution in [0.3, 0.4) is 0 Å². The van der Waals surface area contributed by atoms with E-state index in [0.717, 1.165) is 0 Å². The van der Waals surface area contributed by atoms with Gasteiger partial charge in [-0.3, -0.25) is 4.79 Å². The summed E-state index contributed by atoms with van der Waals surface area (Å²) < 4.78 is 0. The molecule has 0 amide bonds. The zero-order chi connectivity index (χ0) is 8.43. The lowest BCUT2D eigenvalue weighted by Gasteiger charge is -2.00. The Hall–Kier alpha value is -0.730. The summed E-state index contributed by atoms with van der Waals surface area (Å²) in [6, 6.07) is 4.74. The molecular formula is C7H5Cl2NO. The average Bonchev–Trinajstić information content (AvgIpc) is 1.94. The van der Waals surface area contributed by atoms with Crippen LogP contribution in [0.1, 0.15) is 10.4 Å². The first kappa shape index (κ1) is 8.37. The summed E-state index contributed by atoms with van der Waals surface area (Å²) in [6.07, 6.45) is 0. The van der Waals surface area contributed by atoms with Crippen molar-refractivity contribution in [2.45, 2.75) is 0 Å². The molecular weight excluding hydrogens is 185 g/mol. The minimum atomic E-state index is -0.593. The lowest BCUT2D eigenvalue weighted by molar-refractivity contribution is 0.108. The van der Waals surface area contributed by atoms with E-state index in [2.05, 4.69) is 0 Å². The van der Waals surface area contributed by atoms with Crippen molar-refractivity contribution >= 4 is 34.1 Å². The van der Waals surface area contributed by atoms with Crippen LogP contribution in [0.4, 0.5) is 5.69 Å². The molecule has 0 heterocycles. The molecule has 0 saturated carbocycles. The molecule has 0 fully saturated rings. The first-order valence-corrected chi connectivity index (χ1v) is 3.62. The van der Waals surface area contributed by atoms with Crippen molar-refractivity contribution in [1.82, 2.24) is 0 Å². The van der Waals surface area contributed by atoms with Gasteiger partial charge in [-0.05, 0) is 23.7 Å². The highest BCUT2D eigenvalue weighted by Gasteiger charge is 2.07. The standard InChI is InChI=1S/C7H5Cl2NO/c8-5-3-1-2-4(6(5)10)7(9)11/h1-3H,10H2. The van der Waals surface area contributed by atoms with E-state index in [-0.39, 0.29) is 11.3 Å². The smallest absolute Gasteiger partial charge is 0.254 e. The fourth-order valence-electron chi connectivity index (χ4n) is 0.708. The van der Waals surface area contributed by atoms with Gasteiger partial charge in [-0.2, -0.15) is 0 Å². The van der Waals surface area contributed by atoms with Gasteiger partial charge in [-0.1, -0.05) is 17.7 Å². The van der Waals surface area contributed by atoms with E-state index < -0.39 is 5.24 Å². The van der Waals surface area contributed by atoms with Gasteiger partial charge < -0.3 is 5.73 Å². The fraction of sp³-hybridized carbons (Fsp3) is 0. The molecule has 0 aliphatic heterocycles. The van der Waals surface area contributed by atoms with Gasteiger partial charge in [0.25, 0.3) is 5.24 Å². The van der Waals surface area contributed by atoms with E-state index in [1.807, 2.05) is 0 Å². The Labute approximate surface area is 73.9 Å². The number of hydrogen-bond donors (Lipinski definition) is 1. The third kappa shape index (κ3) is 1.64. The number of rotatable bonds is 1. The van der Waals surface area contributed by atoms with Crippen molar-refractivity contribution < 1.29 is 4.79 Å². The highest BCUT2D eigenvalue weighted by molar-refractivity contribution is 6.68. The summed E-state index contributed by atoms with van der Waals surface area (Å²) in [5.74, 6) is 0. The maximum absolute atomic E-state index is 10.6. The molecule has 0 spiro atoms. The molecule has 1 rings (SSSR count). The van der Waals surface area contributed by atoms with Crippen LogP contribution in [0.5, 0.6) is 0 Å². The Bertz CT molecular complexity index is 298. The van der Waals surface area contributed by atoms with Gasteiger partial charge in [0.2, 0.25) is 0 Å². The number of nitrogen functional groups attached to an aromatic ring is 1. The maximum atomic E-state index is 10.6. The number of benzene rings is 1. The first-order chi connectivity index (χ1) is 5.13. The number of hydrogen-bond acceptors (Lipinski definition) is 2. The lowest BCUT2D eigenvalue weighted by Crippen LogP contribution is -1.97. The molecule has 0 radical (unpaired) electrons. The predicted octanol–water partition coefficient (Wildman–Crippen LogP) is 2.30. The molecule has 0 atom stereocenters. The van der Waals surface area contributed by atoms with Crippen molar-refractivity contribution in [2.24, 2.45) is 0 Å². The van der Waals surface area contributed by atoms with Crippen LogP contribution in [-0.2, 0) is 0 Å². The number of para-hydroxylation sites is 1. The molecule has 2 nitrogen and oxygen atoms in total. The molecule has 0 bridgehead atoms. The van der Waals surface area contributed by atoms with Crippen LogP contribution in [0.15, 0.2) is 18.2 Å². The average molecular weight is 190 g/mol. The summed E-state index contributed by atoms with van der Waals surface area (Å²) in [6.45, 7) is 0. The molecule has 0 aromatic heterocycles. The quantitative estimate of drug-likeness (QED) is 0.545. The summed E-state index contributed by atoms with van der Waals surface area (Å²) in [7, 11) is 0. The normalized spacial score (nSPS) is 9.64. The van der Waals surface area contributed by atoms with Gasteiger partial charge in [0.05, 0.1) is 16.3 Å². The largest absolute Gasteiger partial charge is 0.397 e. The second-order valence-electron chi connectivity index (χ2n) is 1.97. The summed E-state index contributed by atoms with van der Waals surface area (Å²) in [4.78, 5) is 10.6. The number of anilines is 1. The zero-order valence-corrected chi connectivity index (χ0v) is 6.99. The van der Waals surface area contributed by atoms with E-state index in [1.54, 1.807) is 12.1 Å². The number of carbonyl (C=O) groups is 1. The van der Waals surface area contributed by atoms with Gasteiger partial charge in [0.1, 0.15) is 0 Å². The van der Waals surface area contributed by atoms with E-state index in [1.165, 1.54) is 6.07 Å². The molecule has 11 heavy (non-hydrogen) atoms. The van der Waals surface area contributed by atoms with Crippen molar-refractivity contribution in [2.75, 3.05) is 5.73 Å². The minimum Gasteiger partial charge on any atom is -0.397 e. The molecule has 0 saturated heterocycles. The highest BCUT2D eigenvalue weighted by atomic mass is 35.5. The molecule has 4 heteroatoms. The van der Waals surface area contributed by atoms with Crippen molar-refractivity contribution in [3.05, 3.63) is 28.8 Å². The van der Waals surface area contributed by atoms with Gasteiger partial charge in [-0.15, -0.1) is 0 Å². The monoisotopic (exact) mass is 189 g/mol. The van der Waals surface area contributed by atoms with Crippen LogP contribution in [0.2, 0.25) is 5.02 Å². The third-order valence-electron chi connectivity index (χ3n) is 1.26. The van der Waals surface area contributed by atoms with Gasteiger partial charge in [0.15, 0.2) is 0 Å². The third-order valence-corrected chi connectivity index (χ3v) is 1.80. The minimum absolute atomic E-state index is 0.231. The Kier molecular flexibility index (Phi) is 2.37. The van der Waals surface area contributed by atoms with Crippen molar-refractivity contribution in [1.29, 1.82) is 0 Å². The number of nitrogens with two attached hydrogens (primary N) is 1. The molecule has 2 N–H and O–H groups in total. The predicted molar refractivity (Wildman–Crippen MR) is 46.0 cm³/mol. The molecule has 1 aromatic carbocycles. The molecule has 58 valence electrons. The van der Waals surface area contributed by atoms with Gasteiger partial charge >= 0.3 is 0 Å². The molecule has 0 aliphatic carbocycles. The second-order valence-corrected chi connectivity index (χ2v) is 2.73. The zero-order valence-electron chi connectivity index (χ0n) is 5.47. The van der Waals surface area contributed by atoms with Gasteiger partial charge in [-0.25, -0.2) is 0 Å². The van der Waals surface area contributed by atoms with E-state index in [0.29, 0.717) is 5.02 Å². The van der Waals surface area contributed by atoms with Crippen LogP contribution in [-0.4, -0.2) is 5.24 Å². The molecule has 0 aliphatic rings.